The molecule has 1 N–H and O–H groups in total. The molecule has 1 aliphatic rings. The summed E-state index contributed by atoms with van der Waals surface area (Å²) >= 11 is 0. The molecule has 0 aliphatic carbocycles. The van der Waals surface area contributed by atoms with Crippen molar-refractivity contribution in [3.63, 3.8) is 0 Å². The van der Waals surface area contributed by atoms with E-state index in [1.54, 1.807) is 0 Å². The fourth-order valence-corrected chi connectivity index (χ4v) is 2.16. The number of carbonyl (C=O) groups is 1. The highest BCUT2D eigenvalue weighted by molar-refractivity contribution is 5.83. The zero-order valence-electron chi connectivity index (χ0n) is 12.1. The molecule has 1 amide bonds. The summed E-state index contributed by atoms with van der Waals surface area (Å²) in [5.41, 5.74) is 0. The Kier molecular flexibility index (Phi) is 7.28. The smallest absolute Gasteiger partial charge is 0.240 e. The van der Waals surface area contributed by atoms with Gasteiger partial charge in [0.2, 0.25) is 5.91 Å². The van der Waals surface area contributed by atoms with Crippen molar-refractivity contribution in [1.29, 1.82) is 0 Å². The van der Waals surface area contributed by atoms with Crippen LogP contribution in [0.25, 0.3) is 0 Å². The molecule has 0 spiro atoms. The predicted octanol–water partition coefficient (Wildman–Crippen LogP) is 2.00. The first-order valence-corrected chi connectivity index (χ1v) is 7.25. The number of nitrogens with one attached hydrogen (secondary N) is 1. The maximum absolute atomic E-state index is 12.0. The van der Waals surface area contributed by atoms with Crippen LogP contribution >= 0.6 is 0 Å². The van der Waals surface area contributed by atoms with E-state index in [4.69, 9.17) is 4.74 Å². The van der Waals surface area contributed by atoms with Crippen LogP contribution in [-0.2, 0) is 9.53 Å². The Morgan fingerprint density at radius 1 is 1.39 bits per heavy atom. The van der Waals surface area contributed by atoms with Gasteiger partial charge in [0.05, 0.1) is 12.7 Å². The van der Waals surface area contributed by atoms with Crippen molar-refractivity contribution in [3.8, 4) is 0 Å². The van der Waals surface area contributed by atoms with Gasteiger partial charge in [-0.05, 0) is 25.2 Å². The molecule has 1 saturated heterocycles. The molecule has 1 fully saturated rings. The maximum Gasteiger partial charge on any atom is 0.240 e. The Labute approximate surface area is 111 Å². The highest BCUT2D eigenvalue weighted by Gasteiger charge is 2.30. The van der Waals surface area contributed by atoms with Gasteiger partial charge in [-0.2, -0.15) is 0 Å². The minimum absolute atomic E-state index is 0.0333. The number of rotatable bonds is 9. The van der Waals surface area contributed by atoms with Crippen LogP contribution in [0.4, 0.5) is 0 Å². The van der Waals surface area contributed by atoms with Crippen molar-refractivity contribution in [3.05, 3.63) is 0 Å². The third-order valence-corrected chi connectivity index (χ3v) is 3.20. The van der Waals surface area contributed by atoms with Crippen LogP contribution in [0.3, 0.4) is 0 Å². The highest BCUT2D eigenvalue weighted by Crippen LogP contribution is 2.12. The van der Waals surface area contributed by atoms with E-state index in [2.05, 4.69) is 26.1 Å². The van der Waals surface area contributed by atoms with Gasteiger partial charge in [-0.1, -0.05) is 27.2 Å². The molecule has 1 rings (SSSR count). The van der Waals surface area contributed by atoms with Crippen LogP contribution in [0.2, 0.25) is 0 Å². The van der Waals surface area contributed by atoms with Gasteiger partial charge in [0.1, 0.15) is 0 Å². The fraction of sp³-hybridized carbons (Fsp3) is 0.929. The second kappa shape index (κ2) is 8.48. The maximum atomic E-state index is 12.0. The van der Waals surface area contributed by atoms with Gasteiger partial charge in [0.15, 0.2) is 0 Å². The van der Waals surface area contributed by atoms with Crippen LogP contribution < -0.4 is 5.32 Å². The Hall–Kier alpha value is -0.610. The number of hydrogen-bond donors (Lipinski definition) is 1. The third kappa shape index (κ3) is 5.36. The summed E-state index contributed by atoms with van der Waals surface area (Å²) in [4.78, 5) is 13.9. The highest BCUT2D eigenvalue weighted by atomic mass is 16.5. The molecular formula is C14H28N2O2. The van der Waals surface area contributed by atoms with Crippen molar-refractivity contribution in [2.75, 3.05) is 26.4 Å². The van der Waals surface area contributed by atoms with E-state index >= 15 is 0 Å². The summed E-state index contributed by atoms with van der Waals surface area (Å²) in [5, 5.41) is 3.28. The lowest BCUT2D eigenvalue weighted by atomic mass is 10.0. The molecule has 0 radical (unpaired) electrons. The number of carbonyl (C=O) groups excluding carboxylic acids is 1. The molecule has 1 unspecified atom stereocenters. The molecule has 106 valence electrons. The second-order valence-electron chi connectivity index (χ2n) is 5.47. The van der Waals surface area contributed by atoms with Gasteiger partial charge in [0, 0.05) is 19.8 Å². The lowest BCUT2D eigenvalue weighted by Gasteiger charge is -2.16. The molecule has 1 aliphatic heterocycles. The molecule has 0 aromatic heterocycles. The number of unbranched alkanes of at least 4 members (excludes halogenated alkanes) is 1. The van der Waals surface area contributed by atoms with Gasteiger partial charge < -0.3 is 9.64 Å². The van der Waals surface area contributed by atoms with Crippen LogP contribution in [0.1, 0.15) is 46.5 Å². The topological polar surface area (TPSA) is 41.6 Å². The van der Waals surface area contributed by atoms with E-state index in [1.165, 1.54) is 6.42 Å². The Balaban J connectivity index is 2.11. The van der Waals surface area contributed by atoms with E-state index in [0.717, 1.165) is 39.0 Å². The Morgan fingerprint density at radius 2 is 2.11 bits per heavy atom. The van der Waals surface area contributed by atoms with Gasteiger partial charge in [-0.15, -0.1) is 0 Å². The number of nitrogens with zero attached hydrogens (tertiary/aromatic N) is 1. The zero-order chi connectivity index (χ0) is 13.4. The average Bonchev–Trinajstić information content (AvgIpc) is 2.65. The van der Waals surface area contributed by atoms with E-state index in [1.807, 2.05) is 4.90 Å². The largest absolute Gasteiger partial charge is 0.381 e. The van der Waals surface area contributed by atoms with Crippen LogP contribution in [-0.4, -0.2) is 43.3 Å². The van der Waals surface area contributed by atoms with Crippen LogP contribution in [0, 0.1) is 5.92 Å². The van der Waals surface area contributed by atoms with Crippen LogP contribution in [0.5, 0.6) is 0 Å². The fourth-order valence-electron chi connectivity index (χ4n) is 2.16. The molecule has 0 aromatic carbocycles. The number of amides is 1. The molecule has 4 heteroatoms. The first-order valence-electron chi connectivity index (χ1n) is 7.25. The molecule has 1 heterocycles. The van der Waals surface area contributed by atoms with Gasteiger partial charge in [-0.25, -0.2) is 0 Å². The SMILES string of the molecule is CCCCOCCCN1CNC(CC(C)C)C1=O. The summed E-state index contributed by atoms with van der Waals surface area (Å²) in [7, 11) is 0. The zero-order valence-corrected chi connectivity index (χ0v) is 12.1. The molecule has 18 heavy (non-hydrogen) atoms. The van der Waals surface area contributed by atoms with E-state index in [0.29, 0.717) is 12.6 Å². The first-order chi connectivity index (χ1) is 8.65. The van der Waals surface area contributed by atoms with Gasteiger partial charge in [0.25, 0.3) is 0 Å². The van der Waals surface area contributed by atoms with E-state index in [9.17, 15) is 4.79 Å². The van der Waals surface area contributed by atoms with Crippen molar-refractivity contribution >= 4 is 5.91 Å². The molecule has 1 atom stereocenters. The summed E-state index contributed by atoms with van der Waals surface area (Å²) < 4.78 is 5.50. The quantitative estimate of drug-likeness (QED) is 0.642. The number of ether oxygens (including phenoxy) is 1. The van der Waals surface area contributed by atoms with Crippen molar-refractivity contribution in [2.24, 2.45) is 5.92 Å². The normalized spacial score (nSPS) is 20.1. The summed E-state index contributed by atoms with van der Waals surface area (Å²) in [6, 6.07) is 0.0333. The van der Waals surface area contributed by atoms with Gasteiger partial charge >= 0.3 is 0 Å². The lowest BCUT2D eigenvalue weighted by molar-refractivity contribution is -0.129. The van der Waals surface area contributed by atoms with E-state index in [-0.39, 0.29) is 11.9 Å². The molecule has 0 bridgehead atoms. The Morgan fingerprint density at radius 3 is 2.78 bits per heavy atom. The van der Waals surface area contributed by atoms with Crippen LogP contribution in [0.15, 0.2) is 0 Å². The summed E-state index contributed by atoms with van der Waals surface area (Å²) in [6.45, 7) is 9.58. The van der Waals surface area contributed by atoms with E-state index < -0.39 is 0 Å². The molecule has 4 nitrogen and oxygen atoms in total. The summed E-state index contributed by atoms with van der Waals surface area (Å²) in [6.07, 6.45) is 4.17. The molecule has 0 aromatic rings. The monoisotopic (exact) mass is 256 g/mol. The molecular weight excluding hydrogens is 228 g/mol. The predicted molar refractivity (Wildman–Crippen MR) is 73.3 cm³/mol. The first kappa shape index (κ1) is 15.4. The average molecular weight is 256 g/mol. The van der Waals surface area contributed by atoms with Crippen molar-refractivity contribution < 1.29 is 9.53 Å². The number of hydrogen-bond acceptors (Lipinski definition) is 3. The Bertz CT molecular complexity index is 244. The minimum atomic E-state index is 0.0333. The van der Waals surface area contributed by atoms with Gasteiger partial charge in [-0.3, -0.25) is 10.1 Å². The third-order valence-electron chi connectivity index (χ3n) is 3.20. The van der Waals surface area contributed by atoms with Crippen molar-refractivity contribution in [1.82, 2.24) is 10.2 Å². The minimum Gasteiger partial charge on any atom is -0.381 e. The lowest BCUT2D eigenvalue weighted by Crippen LogP contribution is -2.32. The second-order valence-corrected chi connectivity index (χ2v) is 5.47. The van der Waals surface area contributed by atoms with Crippen molar-refractivity contribution in [2.45, 2.75) is 52.5 Å². The standard InChI is InChI=1S/C14H28N2O2/c1-4-5-8-18-9-6-7-16-11-15-13(14(16)17)10-12(2)3/h12-13,15H,4-11H2,1-3H3. The summed E-state index contributed by atoms with van der Waals surface area (Å²) in [5.74, 6) is 0.820. The molecule has 0 saturated carbocycles.